The molecule has 1 amide bonds. The second-order valence-corrected chi connectivity index (χ2v) is 9.11. The molecule has 1 heterocycles. The number of nitrogens with zero attached hydrogens (tertiary/aromatic N) is 1. The van der Waals surface area contributed by atoms with Gasteiger partial charge in [0.2, 0.25) is 5.91 Å². The lowest BCUT2D eigenvalue weighted by atomic mass is 9.90. The molecule has 3 N–H and O–H groups in total. The first-order valence-electron chi connectivity index (χ1n) is 7.92. The van der Waals surface area contributed by atoms with Gasteiger partial charge in [-0.2, -0.15) is 0 Å². The van der Waals surface area contributed by atoms with Crippen LogP contribution >= 0.6 is 0 Å². The minimum Gasteiger partial charge on any atom is -0.368 e. The fourth-order valence-corrected chi connectivity index (χ4v) is 4.62. The number of sulfone groups is 1. The first-order valence-corrected chi connectivity index (χ1v) is 9.74. The number of carbonyl (C=O) groups excluding carboxylic acids is 1. The van der Waals surface area contributed by atoms with E-state index >= 15 is 0 Å². The summed E-state index contributed by atoms with van der Waals surface area (Å²) >= 11 is 0. The van der Waals surface area contributed by atoms with E-state index in [9.17, 15) is 13.2 Å². The smallest absolute Gasteiger partial charge is 0.239 e. The maximum atomic E-state index is 12.2. The molecular weight excluding hydrogens is 290 g/mol. The second kappa shape index (κ2) is 5.52. The molecule has 120 valence electrons. The van der Waals surface area contributed by atoms with E-state index in [-0.39, 0.29) is 17.4 Å². The third-order valence-electron chi connectivity index (χ3n) is 4.87. The Morgan fingerprint density at radius 1 is 1.19 bits per heavy atom. The van der Waals surface area contributed by atoms with Gasteiger partial charge in [0.15, 0.2) is 9.84 Å². The predicted molar refractivity (Wildman–Crippen MR) is 80.5 cm³/mol. The van der Waals surface area contributed by atoms with Gasteiger partial charge in [-0.25, -0.2) is 8.42 Å². The van der Waals surface area contributed by atoms with Gasteiger partial charge in [0.1, 0.15) is 5.54 Å². The molecule has 2 saturated carbocycles. The van der Waals surface area contributed by atoms with Crippen molar-refractivity contribution < 1.29 is 13.2 Å². The minimum absolute atomic E-state index is 0.190. The van der Waals surface area contributed by atoms with Crippen LogP contribution in [0.3, 0.4) is 0 Å². The molecule has 1 atom stereocenters. The zero-order valence-corrected chi connectivity index (χ0v) is 13.2. The van der Waals surface area contributed by atoms with E-state index in [1.54, 1.807) is 0 Å². The molecule has 6 nitrogen and oxygen atoms in total. The van der Waals surface area contributed by atoms with Crippen molar-refractivity contribution in [1.29, 1.82) is 0 Å². The van der Waals surface area contributed by atoms with Crippen molar-refractivity contribution in [2.75, 3.05) is 31.1 Å². The molecule has 21 heavy (non-hydrogen) atoms. The van der Waals surface area contributed by atoms with Gasteiger partial charge in [-0.15, -0.1) is 0 Å². The van der Waals surface area contributed by atoms with Gasteiger partial charge < -0.3 is 5.73 Å². The molecule has 0 aromatic carbocycles. The summed E-state index contributed by atoms with van der Waals surface area (Å²) in [5.74, 6) is 0.488. The van der Waals surface area contributed by atoms with Crippen LogP contribution in [-0.2, 0) is 14.6 Å². The minimum atomic E-state index is -2.92. The summed E-state index contributed by atoms with van der Waals surface area (Å²) in [6.07, 6.45) is 4.93. The lowest BCUT2D eigenvalue weighted by molar-refractivity contribution is -0.126. The fourth-order valence-electron chi connectivity index (χ4n) is 3.31. The van der Waals surface area contributed by atoms with Gasteiger partial charge in [-0.1, -0.05) is 0 Å². The zero-order valence-electron chi connectivity index (χ0n) is 12.4. The summed E-state index contributed by atoms with van der Waals surface area (Å²) in [5, 5.41) is 3.49. The largest absolute Gasteiger partial charge is 0.368 e. The van der Waals surface area contributed by atoms with Crippen LogP contribution < -0.4 is 11.1 Å². The summed E-state index contributed by atoms with van der Waals surface area (Å²) < 4.78 is 23.4. The quantitative estimate of drug-likeness (QED) is 0.689. The number of nitrogens with two attached hydrogens (primary N) is 1. The third-order valence-corrected chi connectivity index (χ3v) is 6.59. The van der Waals surface area contributed by atoms with Crippen molar-refractivity contribution in [1.82, 2.24) is 10.2 Å². The van der Waals surface area contributed by atoms with E-state index in [1.165, 1.54) is 0 Å². The van der Waals surface area contributed by atoms with Gasteiger partial charge in [0.05, 0.1) is 11.5 Å². The molecule has 7 heteroatoms. The first-order chi connectivity index (χ1) is 9.91. The normalized spacial score (nSPS) is 29.5. The van der Waals surface area contributed by atoms with Gasteiger partial charge in [-0.05, 0) is 44.6 Å². The Hall–Kier alpha value is -0.660. The van der Waals surface area contributed by atoms with Crippen molar-refractivity contribution in [2.24, 2.45) is 11.7 Å². The Morgan fingerprint density at radius 2 is 1.90 bits per heavy atom. The van der Waals surface area contributed by atoms with Crippen LogP contribution in [0.25, 0.3) is 0 Å². The molecular formula is C14H25N3O3S. The topological polar surface area (TPSA) is 92.5 Å². The van der Waals surface area contributed by atoms with E-state index < -0.39 is 15.4 Å². The molecule has 3 aliphatic rings. The van der Waals surface area contributed by atoms with Gasteiger partial charge in [0, 0.05) is 19.1 Å². The average Bonchev–Trinajstić information content (AvgIpc) is 3.26. The average molecular weight is 315 g/mol. The van der Waals surface area contributed by atoms with Crippen LogP contribution in [0.2, 0.25) is 0 Å². The Labute approximate surface area is 126 Å². The number of amides is 1. The van der Waals surface area contributed by atoms with E-state index in [2.05, 4.69) is 10.2 Å². The second-order valence-electron chi connectivity index (χ2n) is 6.81. The molecule has 0 aromatic heterocycles. The molecule has 0 bridgehead atoms. The van der Waals surface area contributed by atoms with Gasteiger partial charge in [-0.3, -0.25) is 15.0 Å². The van der Waals surface area contributed by atoms with Crippen LogP contribution in [0, 0.1) is 5.92 Å². The van der Waals surface area contributed by atoms with E-state index in [0.29, 0.717) is 31.5 Å². The lowest BCUT2D eigenvalue weighted by Gasteiger charge is -2.37. The summed E-state index contributed by atoms with van der Waals surface area (Å²) in [4.78, 5) is 14.3. The summed E-state index contributed by atoms with van der Waals surface area (Å²) in [5.41, 5.74) is 5.09. The predicted octanol–water partition coefficient (Wildman–Crippen LogP) is -0.507. The molecule has 3 fully saturated rings. The van der Waals surface area contributed by atoms with Crippen LogP contribution in [0.4, 0.5) is 0 Å². The van der Waals surface area contributed by atoms with Crippen LogP contribution in [0.1, 0.15) is 32.1 Å². The van der Waals surface area contributed by atoms with Crippen LogP contribution in [0.15, 0.2) is 0 Å². The van der Waals surface area contributed by atoms with Crippen molar-refractivity contribution in [3.63, 3.8) is 0 Å². The van der Waals surface area contributed by atoms with Crippen LogP contribution in [-0.4, -0.2) is 61.9 Å². The Bertz CT molecular complexity index is 514. The molecule has 0 spiro atoms. The third kappa shape index (κ3) is 3.57. The molecule has 1 saturated heterocycles. The molecule has 2 aliphatic carbocycles. The summed E-state index contributed by atoms with van der Waals surface area (Å²) in [6.45, 7) is 1.79. The first kappa shape index (κ1) is 15.2. The molecule has 3 rings (SSSR count). The highest BCUT2D eigenvalue weighted by molar-refractivity contribution is 7.91. The number of rotatable bonds is 6. The Morgan fingerprint density at radius 3 is 2.48 bits per heavy atom. The van der Waals surface area contributed by atoms with Crippen molar-refractivity contribution in [3.8, 4) is 0 Å². The zero-order chi connectivity index (χ0) is 15.1. The standard InChI is InChI=1S/C14H25N3O3S/c15-13(18)14(11-2-3-11,16-12-4-5-12)10-17-6-1-8-21(19,20)9-7-17/h11-12,16H,1-10H2,(H2,15,18). The Kier molecular flexibility index (Phi) is 4.00. The number of hydrogen-bond donors (Lipinski definition) is 2. The van der Waals surface area contributed by atoms with Crippen molar-refractivity contribution in [2.45, 2.75) is 43.7 Å². The highest BCUT2D eigenvalue weighted by Gasteiger charge is 2.52. The summed E-state index contributed by atoms with van der Waals surface area (Å²) in [7, 11) is -2.92. The highest BCUT2D eigenvalue weighted by atomic mass is 32.2. The maximum absolute atomic E-state index is 12.2. The molecule has 1 aliphatic heterocycles. The van der Waals surface area contributed by atoms with E-state index in [0.717, 1.165) is 32.2 Å². The maximum Gasteiger partial charge on any atom is 0.239 e. The van der Waals surface area contributed by atoms with E-state index in [4.69, 9.17) is 5.73 Å². The number of carbonyl (C=O) groups is 1. The number of hydrogen-bond acceptors (Lipinski definition) is 5. The SMILES string of the molecule is NC(=O)C(CN1CCCS(=O)(=O)CC1)(NC1CC1)C1CC1. The van der Waals surface area contributed by atoms with Crippen molar-refractivity contribution in [3.05, 3.63) is 0 Å². The monoisotopic (exact) mass is 315 g/mol. The number of primary amides is 1. The number of nitrogens with one attached hydrogen (secondary N) is 1. The molecule has 1 unspecified atom stereocenters. The molecule has 0 radical (unpaired) electrons. The fraction of sp³-hybridized carbons (Fsp3) is 0.929. The van der Waals surface area contributed by atoms with Crippen LogP contribution in [0.5, 0.6) is 0 Å². The highest BCUT2D eigenvalue weighted by Crippen LogP contribution is 2.42. The van der Waals surface area contributed by atoms with Crippen molar-refractivity contribution >= 4 is 15.7 Å². The van der Waals surface area contributed by atoms with Gasteiger partial charge >= 0.3 is 0 Å². The molecule has 0 aromatic rings. The lowest BCUT2D eigenvalue weighted by Crippen LogP contribution is -2.64. The summed E-state index contributed by atoms with van der Waals surface area (Å²) in [6, 6.07) is 0.411. The van der Waals surface area contributed by atoms with E-state index in [1.807, 2.05) is 0 Å². The Balaban J connectivity index is 1.72. The van der Waals surface area contributed by atoms with Gasteiger partial charge in [0.25, 0.3) is 0 Å².